The first-order chi connectivity index (χ1) is 10.4. The van der Waals surface area contributed by atoms with Crippen molar-refractivity contribution in [1.82, 2.24) is 5.16 Å². The van der Waals surface area contributed by atoms with Gasteiger partial charge in [-0.3, -0.25) is 4.31 Å². The van der Waals surface area contributed by atoms with Gasteiger partial charge in [0.2, 0.25) is 10.0 Å². The van der Waals surface area contributed by atoms with E-state index in [2.05, 4.69) is 5.16 Å². The van der Waals surface area contributed by atoms with Crippen molar-refractivity contribution in [3.8, 4) is 0 Å². The average molecular weight is 324 g/mol. The van der Waals surface area contributed by atoms with Crippen LogP contribution in [0.25, 0.3) is 0 Å². The average Bonchev–Trinajstić information content (AvgIpc) is 2.87. The number of nitrogens with zero attached hydrogens (tertiary/aromatic N) is 2. The number of sulfonamides is 1. The predicted octanol–water partition coefficient (Wildman–Crippen LogP) is 2.71. The molecule has 118 valence electrons. The summed E-state index contributed by atoms with van der Waals surface area (Å²) in [5, 5.41) is 3.69. The fraction of sp³-hybridized carbons (Fsp3) is 0.400. The van der Waals surface area contributed by atoms with Crippen LogP contribution in [0.5, 0.6) is 0 Å². The second-order valence-electron chi connectivity index (χ2n) is 5.57. The van der Waals surface area contributed by atoms with E-state index in [1.165, 1.54) is 4.31 Å². The largest absolute Gasteiger partial charge is 0.360 e. The summed E-state index contributed by atoms with van der Waals surface area (Å²) >= 11 is 0. The second-order valence-corrected chi connectivity index (χ2v) is 7.46. The number of rotatable bonds is 3. The number of aromatic nitrogens is 1. The molecule has 0 saturated carbocycles. The van der Waals surface area contributed by atoms with Crippen LogP contribution in [-0.4, -0.2) is 20.1 Å². The van der Waals surface area contributed by atoms with Crippen molar-refractivity contribution in [2.24, 2.45) is 0 Å². The Labute approximate surface area is 128 Å². The Kier molecular flexibility index (Phi) is 3.68. The van der Waals surface area contributed by atoms with E-state index in [0.717, 1.165) is 5.56 Å². The summed E-state index contributed by atoms with van der Waals surface area (Å²) in [6.45, 7) is 3.64. The zero-order valence-corrected chi connectivity index (χ0v) is 13.3. The molecule has 1 aromatic carbocycles. The van der Waals surface area contributed by atoms with Gasteiger partial charge in [-0.05, 0) is 37.8 Å². The van der Waals surface area contributed by atoms with Gasteiger partial charge in [-0.2, -0.15) is 0 Å². The van der Waals surface area contributed by atoms with Crippen LogP contribution in [-0.2, 0) is 22.2 Å². The Balaban J connectivity index is 2.01. The first-order valence-corrected chi connectivity index (χ1v) is 8.70. The van der Waals surface area contributed by atoms with Gasteiger partial charge in [0, 0.05) is 12.6 Å². The lowest BCUT2D eigenvalue weighted by molar-refractivity contribution is 0.388. The Bertz CT molecular complexity index is 814. The number of hydrogen-bond acceptors (Lipinski definition) is 4. The van der Waals surface area contributed by atoms with Gasteiger partial charge in [-0.25, -0.2) is 12.8 Å². The first kappa shape index (κ1) is 15.0. The molecule has 1 aliphatic rings. The number of hydrogen-bond donors (Lipinski definition) is 0. The van der Waals surface area contributed by atoms with Crippen molar-refractivity contribution in [2.75, 3.05) is 10.8 Å². The van der Waals surface area contributed by atoms with E-state index >= 15 is 0 Å². The Morgan fingerprint density at radius 2 is 2.14 bits per heavy atom. The van der Waals surface area contributed by atoms with Gasteiger partial charge in [0.05, 0.1) is 11.4 Å². The van der Waals surface area contributed by atoms with Crippen molar-refractivity contribution in [3.63, 3.8) is 0 Å². The van der Waals surface area contributed by atoms with Gasteiger partial charge < -0.3 is 4.52 Å². The lowest BCUT2D eigenvalue weighted by Crippen LogP contribution is -2.37. The van der Waals surface area contributed by atoms with E-state index in [9.17, 15) is 12.8 Å². The molecule has 7 heteroatoms. The normalized spacial score (nSPS) is 15.0. The van der Waals surface area contributed by atoms with Gasteiger partial charge in [0.15, 0.2) is 11.6 Å². The number of aryl methyl sites for hydroxylation is 3. The van der Waals surface area contributed by atoms with Crippen LogP contribution in [0.2, 0.25) is 0 Å². The summed E-state index contributed by atoms with van der Waals surface area (Å²) in [7, 11) is -3.72. The molecule has 1 aromatic heterocycles. The minimum Gasteiger partial charge on any atom is -0.360 e. The standard InChI is InChI=1S/C15H17FN2O3S/c1-10-5-6-12-4-3-7-18(15(12)14(10)16)22(19,20)9-13-8-11(2)17-21-13/h5-6,8H,3-4,7,9H2,1-2H3. The van der Waals surface area contributed by atoms with E-state index in [1.54, 1.807) is 32.0 Å². The molecule has 0 unspecified atom stereocenters. The molecule has 1 aliphatic heterocycles. The molecule has 0 saturated heterocycles. The van der Waals surface area contributed by atoms with E-state index in [4.69, 9.17) is 4.52 Å². The maximum atomic E-state index is 14.5. The maximum Gasteiger partial charge on any atom is 0.242 e. The lowest BCUT2D eigenvalue weighted by Gasteiger charge is -2.31. The number of anilines is 1. The fourth-order valence-electron chi connectivity index (χ4n) is 2.72. The molecule has 2 aromatic rings. The van der Waals surface area contributed by atoms with Crippen molar-refractivity contribution in [2.45, 2.75) is 32.4 Å². The van der Waals surface area contributed by atoms with Gasteiger partial charge in [-0.15, -0.1) is 0 Å². The van der Waals surface area contributed by atoms with Crippen LogP contribution < -0.4 is 4.31 Å². The molecule has 3 rings (SSSR count). The molecule has 0 atom stereocenters. The summed E-state index contributed by atoms with van der Waals surface area (Å²) in [6.07, 6.45) is 1.35. The van der Waals surface area contributed by atoms with E-state index in [-0.39, 0.29) is 23.7 Å². The smallest absolute Gasteiger partial charge is 0.242 e. The topological polar surface area (TPSA) is 63.4 Å². The molecule has 5 nitrogen and oxygen atoms in total. The van der Waals surface area contributed by atoms with E-state index in [1.807, 2.05) is 0 Å². The minimum atomic E-state index is -3.72. The zero-order chi connectivity index (χ0) is 15.9. The highest BCUT2D eigenvalue weighted by Gasteiger charge is 2.31. The van der Waals surface area contributed by atoms with Gasteiger partial charge in [0.1, 0.15) is 5.75 Å². The molecular formula is C15H17FN2O3S. The van der Waals surface area contributed by atoms with Crippen molar-refractivity contribution in [1.29, 1.82) is 0 Å². The van der Waals surface area contributed by atoms with Crippen LogP contribution >= 0.6 is 0 Å². The molecule has 0 fully saturated rings. The summed E-state index contributed by atoms with van der Waals surface area (Å²) in [4.78, 5) is 0. The molecule has 0 amide bonds. The van der Waals surface area contributed by atoms with Crippen molar-refractivity contribution >= 4 is 15.7 Å². The van der Waals surface area contributed by atoms with E-state index in [0.29, 0.717) is 24.1 Å². The van der Waals surface area contributed by atoms with Crippen molar-refractivity contribution in [3.05, 3.63) is 46.6 Å². The van der Waals surface area contributed by atoms with Crippen LogP contribution in [0.3, 0.4) is 0 Å². The molecule has 0 bridgehead atoms. The first-order valence-electron chi connectivity index (χ1n) is 7.09. The van der Waals surface area contributed by atoms with Gasteiger partial charge in [-0.1, -0.05) is 17.3 Å². The molecule has 0 N–H and O–H groups in total. The second kappa shape index (κ2) is 5.39. The minimum absolute atomic E-state index is 0.183. The number of benzene rings is 1. The third-order valence-corrected chi connectivity index (χ3v) is 5.47. The van der Waals surface area contributed by atoms with Gasteiger partial charge >= 0.3 is 0 Å². The molecule has 22 heavy (non-hydrogen) atoms. The van der Waals surface area contributed by atoms with Gasteiger partial charge in [0.25, 0.3) is 0 Å². The summed E-state index contributed by atoms with van der Waals surface area (Å²) < 4.78 is 45.9. The monoisotopic (exact) mass is 324 g/mol. The third-order valence-electron chi connectivity index (χ3n) is 3.79. The van der Waals surface area contributed by atoms with Crippen LogP contribution in [0.1, 0.15) is 29.0 Å². The van der Waals surface area contributed by atoms with Crippen LogP contribution in [0.15, 0.2) is 22.7 Å². The molecule has 0 radical (unpaired) electrons. The zero-order valence-electron chi connectivity index (χ0n) is 12.5. The third kappa shape index (κ3) is 2.61. The summed E-state index contributed by atoms with van der Waals surface area (Å²) in [6, 6.07) is 5.06. The van der Waals surface area contributed by atoms with E-state index < -0.39 is 15.8 Å². The molecule has 2 heterocycles. The number of fused-ring (bicyclic) bond motifs is 1. The Morgan fingerprint density at radius 3 is 2.82 bits per heavy atom. The predicted molar refractivity (Wildman–Crippen MR) is 80.7 cm³/mol. The maximum absolute atomic E-state index is 14.5. The highest BCUT2D eigenvalue weighted by Crippen LogP contribution is 2.34. The summed E-state index contributed by atoms with van der Waals surface area (Å²) in [5.41, 5.74) is 1.97. The Morgan fingerprint density at radius 1 is 1.36 bits per heavy atom. The summed E-state index contributed by atoms with van der Waals surface area (Å²) in [5.74, 6) is -0.520. The molecular weight excluding hydrogens is 307 g/mol. The SMILES string of the molecule is Cc1cc(CS(=O)(=O)N2CCCc3ccc(C)c(F)c32)on1. The Hall–Kier alpha value is -1.89. The fourth-order valence-corrected chi connectivity index (χ4v) is 4.26. The highest BCUT2D eigenvalue weighted by molar-refractivity contribution is 7.92. The number of halogens is 1. The van der Waals surface area contributed by atoms with Crippen LogP contribution in [0, 0.1) is 19.7 Å². The molecule has 0 aliphatic carbocycles. The lowest BCUT2D eigenvalue weighted by atomic mass is 10.0. The van der Waals surface area contributed by atoms with Crippen molar-refractivity contribution < 1.29 is 17.3 Å². The molecule has 0 spiro atoms. The van der Waals surface area contributed by atoms with Crippen LogP contribution in [0.4, 0.5) is 10.1 Å². The quantitative estimate of drug-likeness (QED) is 0.871. The highest BCUT2D eigenvalue weighted by atomic mass is 32.2.